The number of amides is 2. The molecule has 30 heavy (non-hydrogen) atoms. The molecule has 0 saturated heterocycles. The van der Waals surface area contributed by atoms with Crippen LogP contribution in [0.3, 0.4) is 0 Å². The van der Waals surface area contributed by atoms with Crippen molar-refractivity contribution in [2.45, 2.75) is 32.7 Å². The number of benzene rings is 2. The predicted octanol–water partition coefficient (Wildman–Crippen LogP) is 4.97. The third kappa shape index (κ3) is 3.79. The lowest BCUT2D eigenvalue weighted by molar-refractivity contribution is -0.137. The Bertz CT molecular complexity index is 1090. The van der Waals surface area contributed by atoms with Crippen LogP contribution in [0.25, 0.3) is 5.57 Å². The normalized spacial score (nSPS) is 14.6. The van der Waals surface area contributed by atoms with Crippen LogP contribution in [-0.2, 0) is 21.5 Å². The Morgan fingerprint density at radius 2 is 1.57 bits per heavy atom. The zero-order chi connectivity index (χ0) is 21.3. The van der Waals surface area contributed by atoms with E-state index in [0.717, 1.165) is 5.69 Å². The van der Waals surface area contributed by atoms with Crippen LogP contribution in [0.4, 0.5) is 5.69 Å². The highest BCUT2D eigenvalue weighted by Gasteiger charge is 2.39. The number of hydrogen-bond donors (Lipinski definition) is 1. The van der Waals surface area contributed by atoms with Crippen molar-refractivity contribution in [2.75, 3.05) is 5.32 Å². The van der Waals surface area contributed by atoms with Crippen molar-refractivity contribution >= 4 is 23.1 Å². The highest BCUT2D eigenvalue weighted by Crippen LogP contribution is 2.32. The van der Waals surface area contributed by atoms with E-state index in [1.165, 1.54) is 16.7 Å². The first-order valence-electron chi connectivity index (χ1n) is 9.90. The van der Waals surface area contributed by atoms with E-state index in [1.807, 2.05) is 54.6 Å². The number of carbonyl (C=O) groups excluding carboxylic acids is 2. The maximum absolute atomic E-state index is 13.2. The van der Waals surface area contributed by atoms with E-state index in [9.17, 15) is 9.59 Å². The van der Waals surface area contributed by atoms with Crippen LogP contribution in [0.1, 0.15) is 37.7 Å². The van der Waals surface area contributed by atoms with Gasteiger partial charge in [-0.3, -0.25) is 14.5 Å². The molecule has 5 nitrogen and oxygen atoms in total. The first-order valence-corrected chi connectivity index (χ1v) is 9.90. The molecule has 2 amide bonds. The summed E-state index contributed by atoms with van der Waals surface area (Å²) in [5.74, 6) is -0.147. The van der Waals surface area contributed by atoms with Gasteiger partial charge in [-0.2, -0.15) is 0 Å². The summed E-state index contributed by atoms with van der Waals surface area (Å²) in [7, 11) is 0. The van der Waals surface area contributed by atoms with Crippen molar-refractivity contribution < 1.29 is 14.0 Å². The van der Waals surface area contributed by atoms with Crippen molar-refractivity contribution in [3.8, 4) is 0 Å². The van der Waals surface area contributed by atoms with Gasteiger partial charge in [0, 0.05) is 5.69 Å². The molecule has 2 aromatic carbocycles. The van der Waals surface area contributed by atoms with Crippen molar-refractivity contribution in [1.82, 2.24) is 4.90 Å². The van der Waals surface area contributed by atoms with Crippen LogP contribution >= 0.6 is 0 Å². The van der Waals surface area contributed by atoms with Crippen LogP contribution in [0.2, 0.25) is 0 Å². The van der Waals surface area contributed by atoms with E-state index >= 15 is 0 Å². The molecular formula is C25H24N2O3. The van der Waals surface area contributed by atoms with Gasteiger partial charge in [0.05, 0.1) is 18.4 Å². The zero-order valence-corrected chi connectivity index (χ0v) is 17.3. The Balaban J connectivity index is 1.70. The molecule has 1 N–H and O–H groups in total. The minimum atomic E-state index is -0.366. The van der Waals surface area contributed by atoms with Gasteiger partial charge in [-0.25, -0.2) is 0 Å². The Morgan fingerprint density at radius 1 is 0.867 bits per heavy atom. The molecule has 0 aliphatic carbocycles. The highest BCUT2D eigenvalue weighted by atomic mass is 16.3. The number of rotatable bonds is 5. The van der Waals surface area contributed by atoms with Gasteiger partial charge < -0.3 is 9.73 Å². The molecule has 3 aromatic rings. The molecule has 0 radical (unpaired) electrons. The zero-order valence-electron chi connectivity index (χ0n) is 17.3. The molecule has 4 rings (SSSR count). The largest absolute Gasteiger partial charge is 0.467 e. The summed E-state index contributed by atoms with van der Waals surface area (Å²) in [6, 6.07) is 20.7. The average Bonchev–Trinajstić information content (AvgIpc) is 3.31. The van der Waals surface area contributed by atoms with E-state index in [0.29, 0.717) is 16.9 Å². The molecule has 0 saturated carbocycles. The van der Waals surface area contributed by atoms with Gasteiger partial charge in [0.2, 0.25) is 0 Å². The predicted molar refractivity (Wildman–Crippen MR) is 116 cm³/mol. The maximum Gasteiger partial charge on any atom is 0.278 e. The standard InChI is InChI=1S/C25H24N2O3/c1-25(2,3)18-11-13-19(14-12-18)26-22-21(17-8-5-4-6-9-17)23(28)27(24(22)29)16-20-10-7-15-30-20/h4-15,26H,16H2,1-3H3. The molecular weight excluding hydrogens is 376 g/mol. The van der Waals surface area contributed by atoms with Crippen LogP contribution < -0.4 is 5.32 Å². The number of imide groups is 1. The Labute approximate surface area is 176 Å². The van der Waals surface area contributed by atoms with Crippen LogP contribution in [0.15, 0.2) is 83.1 Å². The lowest BCUT2D eigenvalue weighted by Crippen LogP contribution is -2.31. The van der Waals surface area contributed by atoms with Crippen molar-refractivity contribution in [3.63, 3.8) is 0 Å². The molecule has 1 aliphatic rings. The van der Waals surface area contributed by atoms with Gasteiger partial charge in [0.25, 0.3) is 11.8 Å². The van der Waals surface area contributed by atoms with Crippen LogP contribution in [0.5, 0.6) is 0 Å². The van der Waals surface area contributed by atoms with Gasteiger partial charge in [-0.15, -0.1) is 0 Å². The van der Waals surface area contributed by atoms with Gasteiger partial charge in [0.15, 0.2) is 0 Å². The van der Waals surface area contributed by atoms with Gasteiger partial charge in [-0.1, -0.05) is 63.2 Å². The summed E-state index contributed by atoms with van der Waals surface area (Å²) in [5, 5.41) is 3.19. The van der Waals surface area contributed by atoms with Gasteiger partial charge in [-0.05, 0) is 40.8 Å². The first-order chi connectivity index (χ1) is 14.3. The Hall–Kier alpha value is -3.60. The topological polar surface area (TPSA) is 62.6 Å². The number of nitrogens with zero attached hydrogens (tertiary/aromatic N) is 1. The van der Waals surface area contributed by atoms with E-state index in [-0.39, 0.29) is 29.5 Å². The molecule has 0 fully saturated rings. The summed E-state index contributed by atoms with van der Waals surface area (Å²) in [6.07, 6.45) is 1.53. The molecule has 5 heteroatoms. The molecule has 0 unspecified atom stereocenters. The number of carbonyl (C=O) groups is 2. The minimum absolute atomic E-state index is 0.0337. The van der Waals surface area contributed by atoms with Crippen molar-refractivity contribution in [1.29, 1.82) is 0 Å². The van der Waals surface area contributed by atoms with Crippen molar-refractivity contribution in [2.24, 2.45) is 0 Å². The van der Waals surface area contributed by atoms with Crippen LogP contribution in [-0.4, -0.2) is 16.7 Å². The van der Waals surface area contributed by atoms with Gasteiger partial charge in [0.1, 0.15) is 11.5 Å². The second kappa shape index (κ2) is 7.67. The fourth-order valence-corrected chi connectivity index (χ4v) is 3.46. The Kier molecular flexibility index (Phi) is 5.04. The van der Waals surface area contributed by atoms with E-state index in [1.54, 1.807) is 12.1 Å². The lowest BCUT2D eigenvalue weighted by Gasteiger charge is -2.19. The monoisotopic (exact) mass is 400 g/mol. The maximum atomic E-state index is 13.2. The summed E-state index contributed by atoms with van der Waals surface area (Å²) >= 11 is 0. The fraction of sp³-hybridized carbons (Fsp3) is 0.200. The summed E-state index contributed by atoms with van der Waals surface area (Å²) in [6.45, 7) is 6.54. The van der Waals surface area contributed by atoms with E-state index < -0.39 is 0 Å². The molecule has 1 aromatic heterocycles. The first kappa shape index (κ1) is 19.7. The average molecular weight is 400 g/mol. The second-order valence-electron chi connectivity index (χ2n) is 8.34. The molecule has 1 aliphatic heterocycles. The SMILES string of the molecule is CC(C)(C)c1ccc(NC2=C(c3ccccc3)C(=O)N(Cc3ccco3)C2=O)cc1. The molecule has 0 atom stereocenters. The van der Waals surface area contributed by atoms with E-state index in [4.69, 9.17) is 4.42 Å². The number of hydrogen-bond acceptors (Lipinski definition) is 4. The quantitative estimate of drug-likeness (QED) is 0.614. The summed E-state index contributed by atoms with van der Waals surface area (Å²) in [5.41, 5.74) is 3.33. The summed E-state index contributed by atoms with van der Waals surface area (Å²) < 4.78 is 5.35. The third-order valence-corrected chi connectivity index (χ3v) is 5.14. The minimum Gasteiger partial charge on any atom is -0.467 e. The fourth-order valence-electron chi connectivity index (χ4n) is 3.46. The highest BCUT2D eigenvalue weighted by molar-refractivity contribution is 6.36. The number of furan rings is 1. The van der Waals surface area contributed by atoms with E-state index in [2.05, 4.69) is 26.1 Å². The van der Waals surface area contributed by atoms with Crippen LogP contribution in [0, 0.1) is 0 Å². The smallest absolute Gasteiger partial charge is 0.278 e. The summed E-state index contributed by atoms with van der Waals surface area (Å²) in [4.78, 5) is 27.6. The molecule has 2 heterocycles. The van der Waals surface area contributed by atoms with Gasteiger partial charge >= 0.3 is 0 Å². The second-order valence-corrected chi connectivity index (χ2v) is 8.34. The van der Waals surface area contributed by atoms with Crippen molar-refractivity contribution in [3.05, 3.63) is 95.6 Å². The number of nitrogens with one attached hydrogen (secondary N) is 1. The lowest BCUT2D eigenvalue weighted by atomic mass is 9.87. The third-order valence-electron chi connectivity index (χ3n) is 5.14. The molecule has 0 spiro atoms. The Morgan fingerprint density at radius 3 is 2.17 bits per heavy atom. The molecule has 152 valence electrons. The number of anilines is 1. The molecule has 0 bridgehead atoms.